The van der Waals surface area contributed by atoms with Crippen LogP contribution < -0.4 is 5.11 Å². The molecule has 0 N–H and O–H groups in total. The quantitative estimate of drug-likeness (QED) is 0.652. The zero-order valence-electron chi connectivity index (χ0n) is 6.42. The maximum atomic E-state index is 10.5. The monoisotopic (exact) mass is 183 g/mol. The predicted octanol–water partition coefficient (Wildman–Crippen LogP) is 0.831. The molecule has 1 aromatic rings. The second-order valence-electron chi connectivity index (χ2n) is 2.38. The molecule has 0 saturated carbocycles. The largest absolute Gasteiger partial charge is 0.545 e. The van der Waals surface area contributed by atoms with Gasteiger partial charge in [0.1, 0.15) is 0 Å². The van der Waals surface area contributed by atoms with Crippen molar-refractivity contribution >= 4 is 17.6 Å². The van der Waals surface area contributed by atoms with Crippen LogP contribution in [0.2, 0.25) is 0 Å². The van der Waals surface area contributed by atoms with Gasteiger partial charge in [0.2, 0.25) is 0 Å². The van der Waals surface area contributed by atoms with Gasteiger partial charge in [-0.15, -0.1) is 11.6 Å². The van der Waals surface area contributed by atoms with Gasteiger partial charge >= 0.3 is 0 Å². The Labute approximate surface area is 75.8 Å². The van der Waals surface area contributed by atoms with Crippen molar-refractivity contribution in [1.82, 2.24) is 0 Å². The molecule has 0 amide bonds. The summed E-state index contributed by atoms with van der Waals surface area (Å²) in [5, 5.41) is 10.5. The molecule has 0 radical (unpaired) electrons. The van der Waals surface area contributed by atoms with E-state index in [1.165, 1.54) is 6.07 Å². The van der Waals surface area contributed by atoms with E-state index in [0.29, 0.717) is 12.3 Å². The summed E-state index contributed by atoms with van der Waals surface area (Å²) in [6.07, 6.45) is 0.561. The summed E-state index contributed by atoms with van der Waals surface area (Å²) < 4.78 is 0. The van der Waals surface area contributed by atoms with Crippen molar-refractivity contribution in [3.63, 3.8) is 0 Å². The van der Waals surface area contributed by atoms with E-state index in [9.17, 15) is 9.90 Å². The van der Waals surface area contributed by atoms with Crippen LogP contribution in [-0.2, 0) is 6.42 Å². The van der Waals surface area contributed by atoms with E-state index in [1.807, 2.05) is 0 Å². The summed E-state index contributed by atoms with van der Waals surface area (Å²) in [4.78, 5) is 10.5. The van der Waals surface area contributed by atoms with E-state index in [-0.39, 0.29) is 5.56 Å². The second kappa shape index (κ2) is 4.12. The smallest absolute Gasteiger partial charge is 0.0718 e. The van der Waals surface area contributed by atoms with Gasteiger partial charge in [0.25, 0.3) is 0 Å². The summed E-state index contributed by atoms with van der Waals surface area (Å²) in [5.41, 5.74) is 0.964. The number of halogens is 1. The first-order valence-corrected chi connectivity index (χ1v) is 4.14. The fourth-order valence-corrected chi connectivity index (χ4v) is 1.24. The minimum absolute atomic E-state index is 0.234. The van der Waals surface area contributed by atoms with Gasteiger partial charge in [-0.2, -0.15) is 0 Å². The van der Waals surface area contributed by atoms with Crippen molar-refractivity contribution in [2.45, 2.75) is 6.42 Å². The molecule has 0 heterocycles. The van der Waals surface area contributed by atoms with Crippen LogP contribution >= 0.6 is 11.6 Å². The molecule has 2 nitrogen and oxygen atoms in total. The molecule has 12 heavy (non-hydrogen) atoms. The number of aryl methyl sites for hydroxylation is 1. The van der Waals surface area contributed by atoms with Crippen LogP contribution in [0.15, 0.2) is 24.3 Å². The lowest BCUT2D eigenvalue weighted by molar-refractivity contribution is -0.255. The van der Waals surface area contributed by atoms with Crippen molar-refractivity contribution in [1.29, 1.82) is 0 Å². The Morgan fingerprint density at radius 2 is 2.08 bits per heavy atom. The first-order chi connectivity index (χ1) is 5.75. The van der Waals surface area contributed by atoms with Gasteiger partial charge in [-0.3, -0.25) is 0 Å². The minimum atomic E-state index is -1.14. The number of hydrogen-bond acceptors (Lipinski definition) is 2. The number of carboxylic acid groups (broad SMARTS) is 1. The van der Waals surface area contributed by atoms with Crippen LogP contribution in [0.5, 0.6) is 0 Å². The van der Waals surface area contributed by atoms with Crippen LogP contribution in [0.1, 0.15) is 15.9 Å². The molecule has 0 atom stereocenters. The van der Waals surface area contributed by atoms with Gasteiger partial charge in [0, 0.05) is 11.4 Å². The predicted molar refractivity (Wildman–Crippen MR) is 45.2 cm³/mol. The molecule has 1 aromatic carbocycles. The molecule has 0 aromatic heterocycles. The van der Waals surface area contributed by atoms with Crippen LogP contribution in [0.3, 0.4) is 0 Å². The maximum Gasteiger partial charge on any atom is 0.0718 e. The molecule has 0 spiro atoms. The lowest BCUT2D eigenvalue weighted by atomic mass is 10.1. The normalized spacial score (nSPS) is 9.75. The van der Waals surface area contributed by atoms with E-state index in [1.54, 1.807) is 18.2 Å². The molecule has 0 fully saturated rings. The van der Waals surface area contributed by atoms with Crippen LogP contribution in [0, 0.1) is 0 Å². The second-order valence-corrected chi connectivity index (χ2v) is 2.76. The lowest BCUT2D eigenvalue weighted by Gasteiger charge is -2.07. The Balaban J connectivity index is 3.00. The van der Waals surface area contributed by atoms with E-state index >= 15 is 0 Å². The lowest BCUT2D eigenvalue weighted by Crippen LogP contribution is -2.23. The molecular formula is C9H8ClO2-. The maximum absolute atomic E-state index is 10.5. The Morgan fingerprint density at radius 3 is 2.67 bits per heavy atom. The topological polar surface area (TPSA) is 40.1 Å². The van der Waals surface area contributed by atoms with Crippen LogP contribution in [0.4, 0.5) is 0 Å². The van der Waals surface area contributed by atoms with Gasteiger partial charge < -0.3 is 9.90 Å². The third-order valence-electron chi connectivity index (χ3n) is 1.60. The molecule has 64 valence electrons. The summed E-state index contributed by atoms with van der Waals surface area (Å²) >= 11 is 5.50. The number of aromatic carboxylic acids is 1. The SMILES string of the molecule is O=C([O-])c1ccccc1CCCl. The van der Waals surface area contributed by atoms with E-state index < -0.39 is 5.97 Å². The van der Waals surface area contributed by atoms with Gasteiger partial charge in [-0.05, 0) is 12.0 Å². The molecule has 0 saturated heterocycles. The molecule has 0 bridgehead atoms. The van der Waals surface area contributed by atoms with Crippen molar-refractivity contribution < 1.29 is 9.90 Å². The molecule has 0 aliphatic heterocycles. The zero-order valence-corrected chi connectivity index (χ0v) is 7.17. The Hall–Kier alpha value is -1.02. The van der Waals surface area contributed by atoms with Gasteiger partial charge in [-0.1, -0.05) is 24.3 Å². The minimum Gasteiger partial charge on any atom is -0.545 e. The first-order valence-electron chi connectivity index (χ1n) is 3.61. The van der Waals surface area contributed by atoms with Crippen molar-refractivity contribution in [3.05, 3.63) is 35.4 Å². The summed E-state index contributed by atoms with van der Waals surface area (Å²) in [7, 11) is 0. The van der Waals surface area contributed by atoms with Gasteiger partial charge in [0.05, 0.1) is 5.97 Å². The number of carbonyl (C=O) groups is 1. The summed E-state index contributed by atoms with van der Waals surface area (Å²) in [6.45, 7) is 0. The van der Waals surface area contributed by atoms with Crippen molar-refractivity contribution in [2.75, 3.05) is 5.88 Å². The van der Waals surface area contributed by atoms with Gasteiger partial charge in [0.15, 0.2) is 0 Å². The average Bonchev–Trinajstić information content (AvgIpc) is 2.05. The van der Waals surface area contributed by atoms with Crippen molar-refractivity contribution in [2.24, 2.45) is 0 Å². The number of carboxylic acids is 1. The zero-order chi connectivity index (χ0) is 8.97. The molecule has 1 rings (SSSR count). The molecule has 3 heteroatoms. The highest BCUT2D eigenvalue weighted by Gasteiger charge is 2.00. The standard InChI is InChI=1S/C9H9ClO2/c10-6-5-7-3-1-2-4-8(7)9(11)12/h1-4H,5-6H2,(H,11,12)/p-1. The highest BCUT2D eigenvalue weighted by molar-refractivity contribution is 6.18. The number of rotatable bonds is 3. The summed E-state index contributed by atoms with van der Waals surface area (Å²) in [6, 6.07) is 6.72. The van der Waals surface area contributed by atoms with Crippen LogP contribution in [-0.4, -0.2) is 11.8 Å². The Bertz CT molecular complexity index is 284. The fourth-order valence-electron chi connectivity index (χ4n) is 1.04. The summed E-state index contributed by atoms with van der Waals surface area (Å²) in [5.74, 6) is -0.722. The number of hydrogen-bond donors (Lipinski definition) is 0. The van der Waals surface area contributed by atoms with E-state index in [4.69, 9.17) is 11.6 Å². The van der Waals surface area contributed by atoms with Gasteiger partial charge in [-0.25, -0.2) is 0 Å². The van der Waals surface area contributed by atoms with E-state index in [2.05, 4.69) is 0 Å². The highest BCUT2D eigenvalue weighted by atomic mass is 35.5. The molecule has 0 aliphatic rings. The van der Waals surface area contributed by atoms with E-state index in [0.717, 1.165) is 5.56 Å². The fraction of sp³-hybridized carbons (Fsp3) is 0.222. The molecule has 0 aliphatic carbocycles. The number of benzene rings is 1. The van der Waals surface area contributed by atoms with Crippen LogP contribution in [0.25, 0.3) is 0 Å². The Kier molecular flexibility index (Phi) is 3.11. The highest BCUT2D eigenvalue weighted by Crippen LogP contribution is 2.08. The number of carbonyl (C=O) groups excluding carboxylic acids is 1. The average molecular weight is 184 g/mol. The third kappa shape index (κ3) is 1.98. The van der Waals surface area contributed by atoms with Crippen molar-refractivity contribution in [3.8, 4) is 0 Å². The third-order valence-corrected chi connectivity index (χ3v) is 1.79. The Morgan fingerprint density at radius 1 is 1.42 bits per heavy atom. The molecular weight excluding hydrogens is 176 g/mol. The number of alkyl halides is 1. The first kappa shape index (κ1) is 9.07. The molecule has 0 unspecified atom stereocenters.